The topological polar surface area (TPSA) is 64.9 Å². The van der Waals surface area contributed by atoms with E-state index in [1.165, 1.54) is 11.3 Å². The summed E-state index contributed by atoms with van der Waals surface area (Å²) >= 11 is 1.51. The molecule has 3 aromatic rings. The number of nitrogens with zero attached hydrogens (tertiary/aromatic N) is 2. The number of nitrogens with one attached hydrogen (secondary N) is 1. The van der Waals surface area contributed by atoms with Gasteiger partial charge in [0.1, 0.15) is 18.4 Å². The maximum absolute atomic E-state index is 12.5. The summed E-state index contributed by atoms with van der Waals surface area (Å²) in [5.74, 6) is 1.29. The molecule has 6 nitrogen and oxygen atoms in total. The number of rotatable bonds is 3. The Morgan fingerprint density at radius 2 is 2.26 bits per heavy atom. The van der Waals surface area contributed by atoms with Gasteiger partial charge in [-0.05, 0) is 19.1 Å². The summed E-state index contributed by atoms with van der Waals surface area (Å²) in [5, 5.41) is 4.82. The molecule has 0 saturated carbocycles. The van der Waals surface area contributed by atoms with Gasteiger partial charge in [0.05, 0.1) is 12.2 Å². The van der Waals surface area contributed by atoms with Crippen LogP contribution < -0.4 is 14.8 Å². The maximum atomic E-state index is 12.5. The van der Waals surface area contributed by atoms with Crippen molar-refractivity contribution in [2.75, 3.05) is 13.2 Å². The predicted molar refractivity (Wildman–Crippen MR) is 86.5 cm³/mol. The largest absolute Gasteiger partial charge is 0.486 e. The molecule has 0 spiro atoms. The van der Waals surface area contributed by atoms with E-state index >= 15 is 0 Å². The Balaban J connectivity index is 1.44. The molecule has 2 aromatic heterocycles. The zero-order valence-corrected chi connectivity index (χ0v) is 13.3. The van der Waals surface area contributed by atoms with Crippen LogP contribution >= 0.6 is 11.3 Å². The summed E-state index contributed by atoms with van der Waals surface area (Å²) in [7, 11) is 0. The third kappa shape index (κ3) is 2.53. The van der Waals surface area contributed by atoms with Gasteiger partial charge in [-0.1, -0.05) is 12.1 Å². The first kappa shape index (κ1) is 14.1. The number of imidazole rings is 1. The normalized spacial score (nSPS) is 16.5. The molecule has 1 amide bonds. The lowest BCUT2D eigenvalue weighted by Gasteiger charge is -2.26. The van der Waals surface area contributed by atoms with E-state index < -0.39 is 0 Å². The van der Waals surface area contributed by atoms with Crippen molar-refractivity contribution in [1.82, 2.24) is 14.7 Å². The van der Waals surface area contributed by atoms with Crippen LogP contribution in [-0.4, -0.2) is 34.5 Å². The van der Waals surface area contributed by atoms with Crippen molar-refractivity contribution in [2.24, 2.45) is 0 Å². The highest BCUT2D eigenvalue weighted by Gasteiger charge is 2.23. The number of aryl methyl sites for hydroxylation is 1. The molecule has 0 aliphatic carbocycles. The fraction of sp³-hybridized carbons (Fsp3) is 0.250. The number of benzene rings is 1. The van der Waals surface area contributed by atoms with E-state index in [-0.39, 0.29) is 12.0 Å². The van der Waals surface area contributed by atoms with Gasteiger partial charge < -0.3 is 14.8 Å². The summed E-state index contributed by atoms with van der Waals surface area (Å²) in [6, 6.07) is 7.53. The Hall–Kier alpha value is -2.54. The first-order valence-corrected chi connectivity index (χ1v) is 8.19. The second-order valence-electron chi connectivity index (χ2n) is 5.31. The summed E-state index contributed by atoms with van der Waals surface area (Å²) in [5.41, 5.74) is 1.29. The maximum Gasteiger partial charge on any atom is 0.270 e. The fourth-order valence-corrected chi connectivity index (χ4v) is 3.38. The van der Waals surface area contributed by atoms with E-state index in [0.29, 0.717) is 24.6 Å². The number of amides is 1. The molecule has 0 fully saturated rings. The summed E-state index contributed by atoms with van der Waals surface area (Å²) < 4.78 is 13.3. The van der Waals surface area contributed by atoms with Gasteiger partial charge >= 0.3 is 0 Å². The van der Waals surface area contributed by atoms with Gasteiger partial charge in [-0.25, -0.2) is 4.98 Å². The quantitative estimate of drug-likeness (QED) is 0.801. The third-order valence-electron chi connectivity index (χ3n) is 3.71. The van der Waals surface area contributed by atoms with Crippen molar-refractivity contribution in [1.29, 1.82) is 0 Å². The number of hydrogen-bond donors (Lipinski definition) is 1. The fourth-order valence-electron chi connectivity index (χ4n) is 2.62. The van der Waals surface area contributed by atoms with Crippen LogP contribution in [0.25, 0.3) is 4.96 Å². The Labute approximate surface area is 136 Å². The first-order valence-electron chi connectivity index (χ1n) is 7.31. The van der Waals surface area contributed by atoms with Crippen LogP contribution in [0, 0.1) is 6.92 Å². The average molecular weight is 329 g/mol. The van der Waals surface area contributed by atoms with Gasteiger partial charge in [-0.2, -0.15) is 0 Å². The lowest BCUT2D eigenvalue weighted by atomic mass is 10.2. The van der Waals surface area contributed by atoms with Crippen molar-refractivity contribution < 1.29 is 14.3 Å². The number of ether oxygens (including phenoxy) is 2. The van der Waals surface area contributed by atoms with Crippen LogP contribution in [0.1, 0.15) is 16.2 Å². The van der Waals surface area contributed by atoms with E-state index in [4.69, 9.17) is 9.47 Å². The molecule has 1 atom stereocenters. The summed E-state index contributed by atoms with van der Waals surface area (Å²) in [6.07, 6.45) is 1.64. The second kappa shape index (κ2) is 5.58. The number of carbonyl (C=O) groups excluding carboxylic acids is 1. The second-order valence-corrected chi connectivity index (χ2v) is 6.18. The lowest BCUT2D eigenvalue weighted by Crippen LogP contribution is -2.41. The molecule has 1 aromatic carbocycles. The highest BCUT2D eigenvalue weighted by Crippen LogP contribution is 2.30. The van der Waals surface area contributed by atoms with E-state index in [1.807, 2.05) is 47.2 Å². The van der Waals surface area contributed by atoms with Gasteiger partial charge in [0, 0.05) is 11.6 Å². The van der Waals surface area contributed by atoms with Gasteiger partial charge in [0.25, 0.3) is 5.91 Å². The van der Waals surface area contributed by atoms with Crippen LogP contribution in [0.15, 0.2) is 35.8 Å². The lowest BCUT2D eigenvalue weighted by molar-refractivity contribution is 0.0785. The molecule has 118 valence electrons. The van der Waals surface area contributed by atoms with Crippen molar-refractivity contribution in [3.8, 4) is 11.5 Å². The van der Waals surface area contributed by atoms with Gasteiger partial charge in [-0.15, -0.1) is 11.3 Å². The minimum absolute atomic E-state index is 0.157. The number of carbonyl (C=O) groups is 1. The minimum atomic E-state index is -0.208. The number of aromatic nitrogens is 2. The molecule has 1 N–H and O–H groups in total. The molecule has 0 bridgehead atoms. The summed E-state index contributed by atoms with van der Waals surface area (Å²) in [4.78, 5) is 17.7. The molecule has 0 radical (unpaired) electrons. The number of para-hydroxylation sites is 2. The van der Waals surface area contributed by atoms with Crippen LogP contribution in [0.3, 0.4) is 0 Å². The molecule has 23 heavy (non-hydrogen) atoms. The Morgan fingerprint density at radius 3 is 3.13 bits per heavy atom. The van der Waals surface area contributed by atoms with Crippen molar-refractivity contribution in [2.45, 2.75) is 13.0 Å². The van der Waals surface area contributed by atoms with E-state index in [9.17, 15) is 4.79 Å². The molecular formula is C16H15N3O3S. The van der Waals surface area contributed by atoms with Crippen molar-refractivity contribution in [3.05, 3.63) is 47.2 Å². The van der Waals surface area contributed by atoms with E-state index in [2.05, 4.69) is 10.3 Å². The van der Waals surface area contributed by atoms with Gasteiger partial charge in [0.2, 0.25) is 0 Å². The van der Waals surface area contributed by atoms with Gasteiger partial charge in [-0.3, -0.25) is 9.20 Å². The first-order chi connectivity index (χ1) is 11.2. The van der Waals surface area contributed by atoms with Gasteiger partial charge in [0.15, 0.2) is 16.5 Å². The van der Waals surface area contributed by atoms with Crippen molar-refractivity contribution >= 4 is 22.2 Å². The molecular weight excluding hydrogens is 314 g/mol. The number of thiazole rings is 1. The third-order valence-corrected chi connectivity index (χ3v) is 4.47. The zero-order valence-electron chi connectivity index (χ0n) is 12.5. The van der Waals surface area contributed by atoms with E-state index in [0.717, 1.165) is 16.4 Å². The molecule has 4 rings (SSSR count). The summed E-state index contributed by atoms with van der Waals surface area (Å²) in [6.45, 7) is 2.63. The van der Waals surface area contributed by atoms with Crippen LogP contribution in [0.2, 0.25) is 0 Å². The predicted octanol–water partition coefficient (Wildman–Crippen LogP) is 2.27. The number of hydrogen-bond acceptors (Lipinski definition) is 5. The molecule has 0 saturated heterocycles. The molecule has 1 aliphatic rings. The highest BCUT2D eigenvalue weighted by molar-refractivity contribution is 7.15. The smallest absolute Gasteiger partial charge is 0.270 e. The molecule has 7 heteroatoms. The molecule has 1 aliphatic heterocycles. The SMILES string of the molecule is Cc1nc2sccn2c1C(=O)NC[C@@H]1COc2ccccc2O1. The highest BCUT2D eigenvalue weighted by atomic mass is 32.1. The monoisotopic (exact) mass is 329 g/mol. The minimum Gasteiger partial charge on any atom is -0.486 e. The Morgan fingerprint density at radius 1 is 1.43 bits per heavy atom. The van der Waals surface area contributed by atoms with Crippen LogP contribution in [-0.2, 0) is 0 Å². The average Bonchev–Trinajstić information content (AvgIpc) is 3.12. The van der Waals surface area contributed by atoms with Crippen LogP contribution in [0.5, 0.6) is 11.5 Å². The van der Waals surface area contributed by atoms with Crippen LogP contribution in [0.4, 0.5) is 0 Å². The Bertz CT molecular complexity index is 870. The molecule has 3 heterocycles. The number of fused-ring (bicyclic) bond motifs is 2. The zero-order chi connectivity index (χ0) is 15.8. The van der Waals surface area contributed by atoms with E-state index in [1.54, 1.807) is 0 Å². The van der Waals surface area contributed by atoms with Crippen molar-refractivity contribution in [3.63, 3.8) is 0 Å². The Kier molecular flexibility index (Phi) is 3.42. The molecule has 0 unspecified atom stereocenters. The standard InChI is InChI=1S/C16H15N3O3S/c1-10-14(19-6-7-23-16(19)18-10)15(20)17-8-11-9-21-12-4-2-3-5-13(12)22-11/h2-7,11H,8-9H2,1H3,(H,17,20)/t11-/m1/s1.